The predicted molar refractivity (Wildman–Crippen MR) is 87.4 cm³/mol. The molecule has 4 nitrogen and oxygen atoms in total. The number of nitrogens with one attached hydrogen (secondary N) is 1. The molecule has 1 aliphatic rings. The molecule has 25 heavy (non-hydrogen) atoms. The zero-order chi connectivity index (χ0) is 18.1. The molecule has 0 aliphatic heterocycles. The quantitative estimate of drug-likeness (QED) is 0.715. The lowest BCUT2D eigenvalue weighted by Gasteiger charge is -2.21. The predicted octanol–water partition coefficient (Wildman–Crippen LogP) is 3.94. The van der Waals surface area contributed by atoms with Gasteiger partial charge in [0.1, 0.15) is 5.75 Å². The minimum Gasteiger partial charge on any atom is -0.484 e. The van der Waals surface area contributed by atoms with E-state index in [2.05, 4.69) is 5.32 Å². The standard InChI is InChI=1S/C18H24F3NO3/c19-18(20,21)14-6-4-9-16(12-14)25-13-17(23)22-10-5-11-24-15-7-2-1-3-8-15/h4,6,9,12,15H,1-3,5,7-8,10-11,13H2,(H,22,23). The molecule has 0 aromatic heterocycles. The maximum Gasteiger partial charge on any atom is 0.416 e. The van der Waals surface area contributed by atoms with Gasteiger partial charge >= 0.3 is 6.18 Å². The second-order valence-electron chi connectivity index (χ2n) is 6.15. The topological polar surface area (TPSA) is 47.6 Å². The van der Waals surface area contributed by atoms with Gasteiger partial charge in [-0.1, -0.05) is 25.3 Å². The van der Waals surface area contributed by atoms with Crippen molar-refractivity contribution in [2.24, 2.45) is 0 Å². The van der Waals surface area contributed by atoms with Crippen molar-refractivity contribution < 1.29 is 27.4 Å². The molecule has 0 radical (unpaired) electrons. The number of benzene rings is 1. The maximum atomic E-state index is 12.6. The van der Waals surface area contributed by atoms with Gasteiger partial charge in [-0.15, -0.1) is 0 Å². The molecule has 1 aromatic carbocycles. The fourth-order valence-electron chi connectivity index (χ4n) is 2.74. The lowest BCUT2D eigenvalue weighted by atomic mass is 9.98. The summed E-state index contributed by atoms with van der Waals surface area (Å²) in [5.74, 6) is -0.347. The van der Waals surface area contributed by atoms with Crippen molar-refractivity contribution >= 4 is 5.91 Å². The van der Waals surface area contributed by atoms with Crippen LogP contribution in [-0.2, 0) is 15.7 Å². The van der Waals surface area contributed by atoms with Crippen LogP contribution >= 0.6 is 0 Å². The molecule has 1 saturated carbocycles. The molecule has 1 amide bonds. The largest absolute Gasteiger partial charge is 0.484 e. The summed E-state index contributed by atoms with van der Waals surface area (Å²) in [7, 11) is 0. The Morgan fingerprint density at radius 3 is 2.68 bits per heavy atom. The zero-order valence-corrected chi connectivity index (χ0v) is 14.1. The van der Waals surface area contributed by atoms with E-state index in [1.54, 1.807) is 0 Å². The van der Waals surface area contributed by atoms with Crippen LogP contribution in [0.15, 0.2) is 24.3 Å². The number of halogens is 3. The molecule has 2 rings (SSSR count). The van der Waals surface area contributed by atoms with E-state index in [0.29, 0.717) is 25.7 Å². The van der Waals surface area contributed by atoms with Crippen molar-refractivity contribution in [2.75, 3.05) is 19.8 Å². The first-order chi connectivity index (χ1) is 11.9. The number of hydrogen-bond acceptors (Lipinski definition) is 3. The van der Waals surface area contributed by atoms with Gasteiger partial charge in [0.15, 0.2) is 6.61 Å². The van der Waals surface area contributed by atoms with Crippen molar-refractivity contribution in [1.82, 2.24) is 5.32 Å². The van der Waals surface area contributed by atoms with Crippen LogP contribution in [-0.4, -0.2) is 31.8 Å². The average molecular weight is 359 g/mol. The first-order valence-corrected chi connectivity index (χ1v) is 8.63. The number of alkyl halides is 3. The molecule has 1 fully saturated rings. The molecule has 1 N–H and O–H groups in total. The summed E-state index contributed by atoms with van der Waals surface area (Å²) in [6.07, 6.45) is 2.54. The number of amides is 1. The van der Waals surface area contributed by atoms with Crippen LogP contribution in [0.5, 0.6) is 5.75 Å². The number of rotatable bonds is 8. The third kappa shape index (κ3) is 7.34. The maximum absolute atomic E-state index is 12.6. The minimum absolute atomic E-state index is 0.0191. The van der Waals surface area contributed by atoms with E-state index in [0.717, 1.165) is 25.0 Å². The van der Waals surface area contributed by atoms with Crippen LogP contribution in [0.2, 0.25) is 0 Å². The SMILES string of the molecule is O=C(COc1cccc(C(F)(F)F)c1)NCCCOC1CCCCC1. The van der Waals surface area contributed by atoms with Gasteiger partial charge in [0.25, 0.3) is 5.91 Å². The van der Waals surface area contributed by atoms with E-state index in [1.165, 1.54) is 31.4 Å². The second kappa shape index (κ2) is 9.65. The number of carbonyl (C=O) groups excluding carboxylic acids is 1. The van der Waals surface area contributed by atoms with E-state index < -0.39 is 11.7 Å². The van der Waals surface area contributed by atoms with Crippen LogP contribution in [0.25, 0.3) is 0 Å². The van der Waals surface area contributed by atoms with Gasteiger partial charge in [-0.05, 0) is 37.5 Å². The molecule has 1 aliphatic carbocycles. The highest BCUT2D eigenvalue weighted by molar-refractivity contribution is 5.77. The molecule has 1 aromatic rings. The molecule has 0 heterocycles. The Morgan fingerprint density at radius 2 is 1.96 bits per heavy atom. The third-order valence-electron chi connectivity index (χ3n) is 4.08. The summed E-state index contributed by atoms with van der Waals surface area (Å²) in [6, 6.07) is 4.48. The van der Waals surface area contributed by atoms with Gasteiger partial charge in [0.05, 0.1) is 11.7 Å². The summed E-state index contributed by atoms with van der Waals surface area (Å²) in [4.78, 5) is 11.7. The van der Waals surface area contributed by atoms with Crippen LogP contribution < -0.4 is 10.1 Å². The summed E-state index contributed by atoms with van der Waals surface area (Å²) in [5, 5.41) is 2.67. The van der Waals surface area contributed by atoms with Gasteiger partial charge in [0, 0.05) is 13.2 Å². The lowest BCUT2D eigenvalue weighted by molar-refractivity contribution is -0.137. The van der Waals surface area contributed by atoms with Crippen molar-refractivity contribution in [3.63, 3.8) is 0 Å². The number of ether oxygens (including phenoxy) is 2. The molecule has 7 heteroatoms. The van der Waals surface area contributed by atoms with Crippen molar-refractivity contribution in [2.45, 2.75) is 50.8 Å². The Labute approximate surface area is 145 Å². The van der Waals surface area contributed by atoms with Gasteiger partial charge in [-0.2, -0.15) is 13.2 Å². The fourth-order valence-corrected chi connectivity index (χ4v) is 2.74. The molecule has 0 atom stereocenters. The van der Waals surface area contributed by atoms with Crippen LogP contribution in [0.1, 0.15) is 44.1 Å². The lowest BCUT2D eigenvalue weighted by Crippen LogP contribution is -2.30. The van der Waals surface area contributed by atoms with Crippen molar-refractivity contribution in [3.8, 4) is 5.75 Å². The minimum atomic E-state index is -4.43. The van der Waals surface area contributed by atoms with E-state index >= 15 is 0 Å². The number of carbonyl (C=O) groups is 1. The Bertz CT molecular complexity index is 543. The Morgan fingerprint density at radius 1 is 1.20 bits per heavy atom. The Hall–Kier alpha value is -1.76. The molecule has 0 bridgehead atoms. The molecule has 0 saturated heterocycles. The van der Waals surface area contributed by atoms with Gasteiger partial charge in [-0.25, -0.2) is 0 Å². The van der Waals surface area contributed by atoms with Crippen molar-refractivity contribution in [3.05, 3.63) is 29.8 Å². The average Bonchev–Trinajstić information content (AvgIpc) is 2.60. The Kier molecular flexibility index (Phi) is 7.55. The highest BCUT2D eigenvalue weighted by Crippen LogP contribution is 2.31. The molecule has 0 unspecified atom stereocenters. The summed E-state index contributed by atoms with van der Waals surface area (Å²) in [5.41, 5.74) is -0.801. The highest BCUT2D eigenvalue weighted by Gasteiger charge is 2.30. The van der Waals surface area contributed by atoms with Gasteiger partial charge < -0.3 is 14.8 Å². The highest BCUT2D eigenvalue weighted by atomic mass is 19.4. The fraction of sp³-hybridized carbons (Fsp3) is 0.611. The van der Waals surface area contributed by atoms with Gasteiger partial charge in [0.2, 0.25) is 0 Å². The number of hydrogen-bond donors (Lipinski definition) is 1. The Balaban J connectivity index is 1.59. The van der Waals surface area contributed by atoms with Crippen molar-refractivity contribution in [1.29, 1.82) is 0 Å². The zero-order valence-electron chi connectivity index (χ0n) is 14.1. The molecule has 0 spiro atoms. The van der Waals surface area contributed by atoms with E-state index in [-0.39, 0.29) is 18.3 Å². The molecule has 140 valence electrons. The van der Waals surface area contributed by atoms with Gasteiger partial charge in [-0.3, -0.25) is 4.79 Å². The van der Waals surface area contributed by atoms with Crippen LogP contribution in [0, 0.1) is 0 Å². The monoisotopic (exact) mass is 359 g/mol. The first kappa shape index (κ1) is 19.6. The molecular formula is C18H24F3NO3. The van der Waals surface area contributed by atoms with Crippen LogP contribution in [0.3, 0.4) is 0 Å². The first-order valence-electron chi connectivity index (χ1n) is 8.63. The van der Waals surface area contributed by atoms with Crippen LogP contribution in [0.4, 0.5) is 13.2 Å². The summed E-state index contributed by atoms with van der Waals surface area (Å²) in [6.45, 7) is 0.738. The summed E-state index contributed by atoms with van der Waals surface area (Å²) >= 11 is 0. The normalized spacial score (nSPS) is 15.8. The van der Waals surface area contributed by atoms with E-state index in [4.69, 9.17) is 9.47 Å². The molecular weight excluding hydrogens is 335 g/mol. The van der Waals surface area contributed by atoms with E-state index in [1.807, 2.05) is 0 Å². The second-order valence-corrected chi connectivity index (χ2v) is 6.15. The summed E-state index contributed by atoms with van der Waals surface area (Å²) < 4.78 is 48.6. The smallest absolute Gasteiger partial charge is 0.416 e. The van der Waals surface area contributed by atoms with E-state index in [9.17, 15) is 18.0 Å². The third-order valence-corrected chi connectivity index (χ3v) is 4.08.